The molecule has 1 aliphatic heterocycles. The van der Waals surface area contributed by atoms with Crippen molar-refractivity contribution in [2.45, 2.75) is 6.54 Å². The third-order valence-corrected chi connectivity index (χ3v) is 3.73. The molecule has 0 spiro atoms. The summed E-state index contributed by atoms with van der Waals surface area (Å²) in [7, 11) is 0. The Hall–Kier alpha value is -3.75. The van der Waals surface area contributed by atoms with Crippen LogP contribution in [-0.2, 0) is 20.9 Å². The summed E-state index contributed by atoms with van der Waals surface area (Å²) in [5.74, 6) is -0.0179. The summed E-state index contributed by atoms with van der Waals surface area (Å²) in [6.07, 6.45) is 0. The first-order chi connectivity index (χ1) is 13.5. The van der Waals surface area contributed by atoms with E-state index in [1.165, 1.54) is 24.3 Å². The van der Waals surface area contributed by atoms with E-state index in [0.717, 1.165) is 5.56 Å². The predicted octanol–water partition coefficient (Wildman–Crippen LogP) is 0.753. The molecule has 2 aromatic rings. The number of nitrogens with one attached hydrogen (secondary N) is 1. The minimum atomic E-state index is -0.653. The van der Waals surface area contributed by atoms with Crippen molar-refractivity contribution in [3.8, 4) is 17.2 Å². The van der Waals surface area contributed by atoms with Crippen molar-refractivity contribution in [2.75, 3.05) is 20.0 Å². The highest BCUT2D eigenvalue weighted by Crippen LogP contribution is 2.32. The third kappa shape index (κ3) is 5.13. The van der Waals surface area contributed by atoms with E-state index < -0.39 is 24.4 Å². The fraction of sp³-hybridized carbons (Fsp3) is 0.211. The summed E-state index contributed by atoms with van der Waals surface area (Å²) >= 11 is 0. The molecule has 9 nitrogen and oxygen atoms in total. The van der Waals surface area contributed by atoms with Crippen molar-refractivity contribution >= 4 is 17.8 Å². The van der Waals surface area contributed by atoms with Crippen LogP contribution in [0.5, 0.6) is 17.2 Å². The van der Waals surface area contributed by atoms with Crippen LogP contribution in [0.2, 0.25) is 0 Å². The zero-order chi connectivity index (χ0) is 19.9. The summed E-state index contributed by atoms with van der Waals surface area (Å²) in [6, 6.07) is 11.3. The van der Waals surface area contributed by atoms with Gasteiger partial charge in [-0.15, -0.1) is 0 Å². The quantitative estimate of drug-likeness (QED) is 0.641. The van der Waals surface area contributed by atoms with Gasteiger partial charge in [-0.05, 0) is 42.0 Å². The normalized spacial score (nSPS) is 11.6. The Morgan fingerprint density at radius 3 is 2.50 bits per heavy atom. The third-order valence-electron chi connectivity index (χ3n) is 3.73. The first-order valence-electron chi connectivity index (χ1n) is 8.35. The smallest absolute Gasteiger partial charge is 0.338 e. The van der Waals surface area contributed by atoms with Crippen molar-refractivity contribution in [1.29, 1.82) is 0 Å². The van der Waals surface area contributed by atoms with Gasteiger partial charge >= 0.3 is 5.97 Å². The second kappa shape index (κ2) is 8.76. The zero-order valence-corrected chi connectivity index (χ0v) is 14.8. The molecule has 3 rings (SSSR count). The van der Waals surface area contributed by atoms with Crippen LogP contribution in [0.4, 0.5) is 0 Å². The van der Waals surface area contributed by atoms with E-state index in [-0.39, 0.29) is 25.5 Å². The summed E-state index contributed by atoms with van der Waals surface area (Å²) in [6.45, 7) is -0.227. The summed E-state index contributed by atoms with van der Waals surface area (Å²) in [4.78, 5) is 34.5. The fourth-order valence-corrected chi connectivity index (χ4v) is 2.36. The largest absolute Gasteiger partial charge is 0.484 e. The van der Waals surface area contributed by atoms with Gasteiger partial charge in [-0.1, -0.05) is 6.07 Å². The lowest BCUT2D eigenvalue weighted by molar-refractivity contribution is -0.124. The number of esters is 1. The molecule has 1 aliphatic rings. The molecule has 3 N–H and O–H groups in total. The summed E-state index contributed by atoms with van der Waals surface area (Å²) in [5.41, 5.74) is 6.06. The summed E-state index contributed by atoms with van der Waals surface area (Å²) < 4.78 is 20.6. The molecule has 0 saturated carbocycles. The second-order valence-electron chi connectivity index (χ2n) is 5.82. The van der Waals surface area contributed by atoms with Crippen LogP contribution in [0.15, 0.2) is 42.5 Å². The molecule has 0 aliphatic carbocycles. The van der Waals surface area contributed by atoms with Crippen LogP contribution in [0.3, 0.4) is 0 Å². The van der Waals surface area contributed by atoms with Crippen LogP contribution >= 0.6 is 0 Å². The number of benzene rings is 2. The maximum atomic E-state index is 12.0. The number of rotatable bonds is 8. The molecule has 9 heteroatoms. The lowest BCUT2D eigenvalue weighted by atomic mass is 10.2. The number of carbonyl (C=O) groups is 3. The number of nitrogens with two attached hydrogens (primary N) is 1. The maximum Gasteiger partial charge on any atom is 0.338 e. The lowest BCUT2D eigenvalue weighted by Gasteiger charge is -2.08. The molecule has 0 unspecified atom stereocenters. The average Bonchev–Trinajstić information content (AvgIpc) is 3.17. The maximum absolute atomic E-state index is 12.0. The highest BCUT2D eigenvalue weighted by Gasteiger charge is 2.14. The molecule has 28 heavy (non-hydrogen) atoms. The Kier molecular flexibility index (Phi) is 5.95. The Morgan fingerprint density at radius 1 is 1.00 bits per heavy atom. The lowest BCUT2D eigenvalue weighted by Crippen LogP contribution is -2.28. The van der Waals surface area contributed by atoms with E-state index in [2.05, 4.69) is 5.32 Å². The fourth-order valence-electron chi connectivity index (χ4n) is 2.36. The van der Waals surface area contributed by atoms with Crippen LogP contribution in [0.1, 0.15) is 15.9 Å². The minimum Gasteiger partial charge on any atom is -0.484 e. The van der Waals surface area contributed by atoms with Crippen molar-refractivity contribution in [2.24, 2.45) is 5.73 Å². The van der Waals surface area contributed by atoms with E-state index in [1.807, 2.05) is 6.07 Å². The Labute approximate surface area is 160 Å². The molecule has 2 amide bonds. The second-order valence-corrected chi connectivity index (χ2v) is 5.82. The van der Waals surface area contributed by atoms with Gasteiger partial charge in [0.1, 0.15) is 5.75 Å². The van der Waals surface area contributed by atoms with Crippen LogP contribution in [0, 0.1) is 0 Å². The Morgan fingerprint density at radius 2 is 1.75 bits per heavy atom. The van der Waals surface area contributed by atoms with Gasteiger partial charge in [0.25, 0.3) is 11.8 Å². The monoisotopic (exact) mass is 386 g/mol. The minimum absolute atomic E-state index is 0.180. The number of carbonyl (C=O) groups excluding carboxylic acids is 3. The molecule has 0 radical (unpaired) electrons. The SMILES string of the molecule is NC(=O)COc1ccc(C(=O)OCC(=O)NCc2ccc3c(c2)OCO3)cc1. The molecule has 0 aromatic heterocycles. The topological polar surface area (TPSA) is 126 Å². The number of ether oxygens (including phenoxy) is 4. The van der Waals surface area contributed by atoms with Crippen molar-refractivity contribution in [1.82, 2.24) is 5.32 Å². The van der Waals surface area contributed by atoms with E-state index >= 15 is 0 Å². The van der Waals surface area contributed by atoms with Gasteiger partial charge in [-0.3, -0.25) is 9.59 Å². The summed E-state index contributed by atoms with van der Waals surface area (Å²) in [5, 5.41) is 2.66. The Bertz CT molecular complexity index is 880. The number of hydrogen-bond acceptors (Lipinski definition) is 7. The standard InChI is InChI=1S/C19H18N2O7/c20-17(22)9-25-14-4-2-13(3-5-14)19(24)26-10-18(23)21-8-12-1-6-15-16(7-12)28-11-27-15/h1-7H,8-11H2,(H2,20,22)(H,21,23). The van der Waals surface area contributed by atoms with Crippen molar-refractivity contribution in [3.63, 3.8) is 0 Å². The van der Waals surface area contributed by atoms with Crippen molar-refractivity contribution < 1.29 is 33.3 Å². The van der Waals surface area contributed by atoms with Gasteiger partial charge < -0.3 is 30.0 Å². The van der Waals surface area contributed by atoms with Gasteiger partial charge in [0.2, 0.25) is 6.79 Å². The molecule has 1 heterocycles. The van der Waals surface area contributed by atoms with Gasteiger partial charge in [0.05, 0.1) is 5.56 Å². The van der Waals surface area contributed by atoms with Crippen LogP contribution in [-0.4, -0.2) is 37.8 Å². The molecule has 146 valence electrons. The number of hydrogen-bond donors (Lipinski definition) is 2. The number of fused-ring (bicyclic) bond motifs is 1. The molecule has 0 fully saturated rings. The highest BCUT2D eigenvalue weighted by molar-refractivity contribution is 5.91. The Balaban J connectivity index is 1.42. The first-order valence-corrected chi connectivity index (χ1v) is 8.35. The van der Waals surface area contributed by atoms with E-state index in [4.69, 9.17) is 24.7 Å². The van der Waals surface area contributed by atoms with Gasteiger partial charge in [-0.25, -0.2) is 4.79 Å². The number of amides is 2. The zero-order valence-electron chi connectivity index (χ0n) is 14.8. The molecule has 2 aromatic carbocycles. The molecule has 0 saturated heterocycles. The van der Waals surface area contributed by atoms with Gasteiger partial charge in [0, 0.05) is 6.54 Å². The molecular formula is C19H18N2O7. The van der Waals surface area contributed by atoms with Crippen LogP contribution in [0.25, 0.3) is 0 Å². The van der Waals surface area contributed by atoms with Gasteiger partial charge in [-0.2, -0.15) is 0 Å². The van der Waals surface area contributed by atoms with E-state index in [1.54, 1.807) is 12.1 Å². The van der Waals surface area contributed by atoms with Crippen molar-refractivity contribution in [3.05, 3.63) is 53.6 Å². The molecular weight excluding hydrogens is 368 g/mol. The predicted molar refractivity (Wildman–Crippen MR) is 95.8 cm³/mol. The highest BCUT2D eigenvalue weighted by atomic mass is 16.7. The number of primary amides is 1. The van der Waals surface area contributed by atoms with Crippen LogP contribution < -0.4 is 25.3 Å². The van der Waals surface area contributed by atoms with E-state index in [9.17, 15) is 14.4 Å². The van der Waals surface area contributed by atoms with E-state index in [0.29, 0.717) is 17.2 Å². The average molecular weight is 386 g/mol. The molecule has 0 bridgehead atoms. The van der Waals surface area contributed by atoms with Gasteiger partial charge in [0.15, 0.2) is 24.7 Å². The molecule has 0 atom stereocenters. The first kappa shape index (κ1) is 19.0.